The smallest absolute Gasteiger partial charge is 0.225 e. The minimum Gasteiger partial charge on any atom is -0.353 e. The van der Waals surface area contributed by atoms with Gasteiger partial charge in [0.25, 0.3) is 0 Å². The lowest BCUT2D eigenvalue weighted by atomic mass is 9.94. The zero-order chi connectivity index (χ0) is 14.7. The maximum absolute atomic E-state index is 12.1. The summed E-state index contributed by atoms with van der Waals surface area (Å²) in [5, 5.41) is 6.50. The second kappa shape index (κ2) is 6.77. The predicted octanol–water partition coefficient (Wildman–Crippen LogP) is 0.893. The molecule has 5 nitrogen and oxygen atoms in total. The molecule has 0 atom stereocenters. The van der Waals surface area contributed by atoms with E-state index in [0.29, 0.717) is 24.2 Å². The van der Waals surface area contributed by atoms with Crippen molar-refractivity contribution in [2.45, 2.75) is 51.0 Å². The van der Waals surface area contributed by atoms with Gasteiger partial charge in [-0.2, -0.15) is 0 Å². The number of nitrogens with one attached hydrogen (secondary N) is 2. The number of hydrogen-bond acceptors (Lipinski definition) is 3. The van der Waals surface area contributed by atoms with Gasteiger partial charge in [0.05, 0.1) is 0 Å². The highest BCUT2D eigenvalue weighted by atomic mass is 16.2. The van der Waals surface area contributed by atoms with Gasteiger partial charge in [-0.15, -0.1) is 0 Å². The second-order valence-electron chi connectivity index (χ2n) is 6.84. The minimum atomic E-state index is 0.203. The van der Waals surface area contributed by atoms with Crippen molar-refractivity contribution in [3.05, 3.63) is 0 Å². The summed E-state index contributed by atoms with van der Waals surface area (Å²) in [6, 6.07) is 0.266. The fourth-order valence-electron chi connectivity index (χ4n) is 3.47. The SMILES string of the molecule is O=C(CC1CCNCC1)NC1CCN(C(=O)C2CC2)CC1. The Morgan fingerprint density at radius 2 is 1.67 bits per heavy atom. The molecule has 118 valence electrons. The summed E-state index contributed by atoms with van der Waals surface area (Å²) in [6.07, 6.45) is 6.87. The number of carbonyl (C=O) groups excluding carboxylic acids is 2. The first-order valence-corrected chi connectivity index (χ1v) is 8.51. The first-order chi connectivity index (χ1) is 10.2. The Morgan fingerprint density at radius 1 is 1.00 bits per heavy atom. The van der Waals surface area contributed by atoms with Crippen LogP contribution in [0.5, 0.6) is 0 Å². The molecular weight excluding hydrogens is 266 g/mol. The number of nitrogens with zero attached hydrogens (tertiary/aromatic N) is 1. The molecule has 0 aromatic carbocycles. The third kappa shape index (κ3) is 4.19. The van der Waals surface area contributed by atoms with Crippen molar-refractivity contribution in [1.82, 2.24) is 15.5 Å². The molecule has 5 heteroatoms. The van der Waals surface area contributed by atoms with E-state index in [0.717, 1.165) is 64.7 Å². The Labute approximate surface area is 126 Å². The van der Waals surface area contributed by atoms with E-state index in [9.17, 15) is 9.59 Å². The molecule has 0 aromatic rings. The fraction of sp³-hybridized carbons (Fsp3) is 0.875. The number of rotatable bonds is 4. The van der Waals surface area contributed by atoms with Crippen LogP contribution in [-0.4, -0.2) is 48.9 Å². The summed E-state index contributed by atoms with van der Waals surface area (Å²) in [5.41, 5.74) is 0. The molecule has 1 aliphatic carbocycles. The van der Waals surface area contributed by atoms with Crippen molar-refractivity contribution in [2.75, 3.05) is 26.2 Å². The Hall–Kier alpha value is -1.10. The van der Waals surface area contributed by atoms with Gasteiger partial charge in [0.2, 0.25) is 11.8 Å². The highest BCUT2D eigenvalue weighted by Crippen LogP contribution is 2.31. The van der Waals surface area contributed by atoms with Crippen molar-refractivity contribution in [3.63, 3.8) is 0 Å². The number of likely N-dealkylation sites (tertiary alicyclic amines) is 1. The number of piperidine rings is 2. The lowest BCUT2D eigenvalue weighted by Crippen LogP contribution is -2.47. The van der Waals surface area contributed by atoms with Gasteiger partial charge in [-0.05, 0) is 57.5 Å². The van der Waals surface area contributed by atoms with E-state index in [1.807, 2.05) is 4.90 Å². The molecule has 2 saturated heterocycles. The number of carbonyl (C=O) groups is 2. The zero-order valence-electron chi connectivity index (χ0n) is 12.8. The average Bonchev–Trinajstić information content (AvgIpc) is 3.33. The third-order valence-electron chi connectivity index (χ3n) is 5.03. The highest BCUT2D eigenvalue weighted by molar-refractivity contribution is 5.81. The maximum atomic E-state index is 12.1. The van der Waals surface area contributed by atoms with E-state index in [4.69, 9.17) is 0 Å². The van der Waals surface area contributed by atoms with Crippen LogP contribution in [-0.2, 0) is 9.59 Å². The van der Waals surface area contributed by atoms with Gasteiger partial charge in [-0.25, -0.2) is 0 Å². The molecule has 3 rings (SSSR count). The van der Waals surface area contributed by atoms with Crippen molar-refractivity contribution in [3.8, 4) is 0 Å². The van der Waals surface area contributed by atoms with Crippen molar-refractivity contribution in [1.29, 1.82) is 0 Å². The second-order valence-corrected chi connectivity index (χ2v) is 6.84. The quantitative estimate of drug-likeness (QED) is 0.809. The first-order valence-electron chi connectivity index (χ1n) is 8.51. The molecule has 0 unspecified atom stereocenters. The summed E-state index contributed by atoms with van der Waals surface area (Å²) >= 11 is 0. The van der Waals surface area contributed by atoms with Gasteiger partial charge in [-0.1, -0.05) is 0 Å². The van der Waals surface area contributed by atoms with Gasteiger partial charge in [-0.3, -0.25) is 9.59 Å². The molecule has 3 fully saturated rings. The Balaban J connectivity index is 1.36. The summed E-state index contributed by atoms with van der Waals surface area (Å²) in [7, 11) is 0. The van der Waals surface area contributed by atoms with Crippen LogP contribution in [0.25, 0.3) is 0 Å². The van der Waals surface area contributed by atoms with E-state index in [-0.39, 0.29) is 11.9 Å². The van der Waals surface area contributed by atoms with Gasteiger partial charge >= 0.3 is 0 Å². The largest absolute Gasteiger partial charge is 0.353 e. The lowest BCUT2D eigenvalue weighted by molar-refractivity contribution is -0.133. The van der Waals surface area contributed by atoms with E-state index >= 15 is 0 Å². The molecule has 2 heterocycles. The molecule has 1 saturated carbocycles. The third-order valence-corrected chi connectivity index (χ3v) is 5.03. The average molecular weight is 293 g/mol. The summed E-state index contributed by atoms with van der Waals surface area (Å²) in [4.78, 5) is 26.1. The van der Waals surface area contributed by atoms with Crippen LogP contribution in [0, 0.1) is 11.8 Å². The van der Waals surface area contributed by atoms with Crippen LogP contribution in [0.2, 0.25) is 0 Å². The topological polar surface area (TPSA) is 61.4 Å². The molecule has 2 aliphatic heterocycles. The Morgan fingerprint density at radius 3 is 2.29 bits per heavy atom. The van der Waals surface area contributed by atoms with Crippen LogP contribution in [0.1, 0.15) is 44.9 Å². The monoisotopic (exact) mass is 293 g/mol. The van der Waals surface area contributed by atoms with Crippen LogP contribution in [0.15, 0.2) is 0 Å². The molecule has 2 amide bonds. The van der Waals surface area contributed by atoms with Crippen molar-refractivity contribution >= 4 is 11.8 Å². The molecule has 0 radical (unpaired) electrons. The number of amides is 2. The summed E-state index contributed by atoms with van der Waals surface area (Å²) < 4.78 is 0. The minimum absolute atomic E-state index is 0.203. The summed E-state index contributed by atoms with van der Waals surface area (Å²) in [5.74, 6) is 1.40. The van der Waals surface area contributed by atoms with E-state index in [1.54, 1.807) is 0 Å². The maximum Gasteiger partial charge on any atom is 0.225 e. The normalized spacial score (nSPS) is 24.9. The fourth-order valence-corrected chi connectivity index (χ4v) is 3.47. The Bertz CT molecular complexity index is 381. The molecule has 21 heavy (non-hydrogen) atoms. The van der Waals surface area contributed by atoms with Crippen LogP contribution in [0.3, 0.4) is 0 Å². The van der Waals surface area contributed by atoms with Gasteiger partial charge in [0, 0.05) is 31.5 Å². The molecule has 0 spiro atoms. The predicted molar refractivity (Wildman–Crippen MR) is 80.7 cm³/mol. The molecule has 0 aromatic heterocycles. The van der Waals surface area contributed by atoms with Crippen LogP contribution >= 0.6 is 0 Å². The van der Waals surface area contributed by atoms with Gasteiger partial charge < -0.3 is 15.5 Å². The molecular formula is C16H27N3O2. The van der Waals surface area contributed by atoms with Crippen molar-refractivity contribution < 1.29 is 9.59 Å². The van der Waals surface area contributed by atoms with Crippen LogP contribution < -0.4 is 10.6 Å². The highest BCUT2D eigenvalue weighted by Gasteiger charge is 2.35. The molecule has 2 N–H and O–H groups in total. The molecule has 3 aliphatic rings. The van der Waals surface area contributed by atoms with E-state index in [2.05, 4.69) is 10.6 Å². The number of hydrogen-bond donors (Lipinski definition) is 2. The van der Waals surface area contributed by atoms with E-state index < -0.39 is 0 Å². The standard InChI is InChI=1S/C16H27N3O2/c20-15(11-12-3-7-17-8-4-12)18-14-5-9-19(10-6-14)16(21)13-1-2-13/h12-14,17H,1-11H2,(H,18,20). The van der Waals surface area contributed by atoms with E-state index in [1.165, 1.54) is 0 Å². The van der Waals surface area contributed by atoms with Crippen molar-refractivity contribution in [2.24, 2.45) is 11.8 Å². The van der Waals surface area contributed by atoms with Crippen LogP contribution in [0.4, 0.5) is 0 Å². The lowest BCUT2D eigenvalue weighted by Gasteiger charge is -2.33. The van der Waals surface area contributed by atoms with Gasteiger partial charge in [0.15, 0.2) is 0 Å². The Kier molecular flexibility index (Phi) is 4.78. The summed E-state index contributed by atoms with van der Waals surface area (Å²) in [6.45, 7) is 3.71. The van der Waals surface area contributed by atoms with Gasteiger partial charge in [0.1, 0.15) is 0 Å². The first kappa shape index (κ1) is 14.8. The molecule has 0 bridgehead atoms. The zero-order valence-corrected chi connectivity index (χ0v) is 12.8.